The van der Waals surface area contributed by atoms with E-state index >= 15 is 0 Å². The number of amides is 1. The van der Waals surface area contributed by atoms with Crippen molar-refractivity contribution in [1.82, 2.24) is 4.98 Å². The van der Waals surface area contributed by atoms with Crippen LogP contribution in [0.2, 0.25) is 5.15 Å². The molecule has 1 aromatic carbocycles. The van der Waals surface area contributed by atoms with Crippen LogP contribution in [-0.4, -0.2) is 10.9 Å². The largest absolute Gasteiger partial charge is 0.322 e. The van der Waals surface area contributed by atoms with Gasteiger partial charge in [0.05, 0.1) is 0 Å². The number of nitrogens with one attached hydrogen (secondary N) is 1. The molecule has 0 fully saturated rings. The molecule has 3 nitrogen and oxygen atoms in total. The highest BCUT2D eigenvalue weighted by atomic mass is 35.5. The van der Waals surface area contributed by atoms with E-state index in [1.165, 1.54) is 0 Å². The van der Waals surface area contributed by atoms with Crippen molar-refractivity contribution in [2.24, 2.45) is 0 Å². The van der Waals surface area contributed by atoms with E-state index in [1.807, 2.05) is 32.0 Å². The molecular weight excluding hydrogens is 284 g/mol. The molecule has 0 aliphatic rings. The van der Waals surface area contributed by atoms with Crippen molar-refractivity contribution < 1.29 is 4.79 Å². The minimum atomic E-state index is -0.158. The van der Waals surface area contributed by atoms with Crippen LogP contribution in [0.25, 0.3) is 0 Å². The molecule has 0 saturated carbocycles. The van der Waals surface area contributed by atoms with Gasteiger partial charge < -0.3 is 5.32 Å². The third-order valence-corrected chi connectivity index (χ3v) is 3.53. The molecule has 0 aliphatic heterocycles. The Balaban J connectivity index is 2.28. The van der Waals surface area contributed by atoms with Gasteiger partial charge in [0.15, 0.2) is 0 Å². The van der Waals surface area contributed by atoms with Gasteiger partial charge in [-0.25, -0.2) is 4.98 Å². The van der Waals surface area contributed by atoms with E-state index in [1.54, 1.807) is 12.1 Å². The number of hydrogen-bond donors (Lipinski definition) is 1. The number of anilines is 1. The Hall–Kier alpha value is -1.87. The van der Waals surface area contributed by atoms with Crippen LogP contribution in [-0.2, 0) is 6.42 Å². The normalized spacial score (nSPS) is 10.5. The summed E-state index contributed by atoms with van der Waals surface area (Å²) >= 11 is 6.00. The summed E-state index contributed by atoms with van der Waals surface area (Å²) in [6, 6.07) is 9.33. The smallest absolute Gasteiger partial charge is 0.255 e. The Kier molecular flexibility index (Phi) is 4.97. The summed E-state index contributed by atoms with van der Waals surface area (Å²) in [7, 11) is 0. The Morgan fingerprint density at radius 3 is 2.52 bits per heavy atom. The highest BCUT2D eigenvalue weighted by molar-refractivity contribution is 6.29. The minimum Gasteiger partial charge on any atom is -0.322 e. The van der Waals surface area contributed by atoms with Crippen molar-refractivity contribution in [3.05, 3.63) is 57.9 Å². The second kappa shape index (κ2) is 6.72. The summed E-state index contributed by atoms with van der Waals surface area (Å²) in [5.74, 6) is -0.158. The van der Waals surface area contributed by atoms with Gasteiger partial charge in [-0.3, -0.25) is 4.79 Å². The molecule has 1 N–H and O–H groups in total. The lowest BCUT2D eigenvalue weighted by Gasteiger charge is -2.12. The maximum Gasteiger partial charge on any atom is 0.255 e. The third kappa shape index (κ3) is 3.82. The molecule has 1 heterocycles. The number of nitrogens with zero attached hydrogens (tertiary/aromatic N) is 1. The summed E-state index contributed by atoms with van der Waals surface area (Å²) in [5, 5.41) is 3.32. The van der Waals surface area contributed by atoms with E-state index in [9.17, 15) is 4.79 Å². The topological polar surface area (TPSA) is 42.0 Å². The number of hydrogen-bond acceptors (Lipinski definition) is 2. The van der Waals surface area contributed by atoms with Crippen LogP contribution in [0.3, 0.4) is 0 Å². The number of aryl methyl sites for hydroxylation is 3. The van der Waals surface area contributed by atoms with Crippen molar-refractivity contribution in [2.75, 3.05) is 5.32 Å². The molecule has 1 aromatic heterocycles. The molecule has 0 unspecified atom stereocenters. The predicted octanol–water partition coefficient (Wildman–Crippen LogP) is 4.56. The highest BCUT2D eigenvalue weighted by Crippen LogP contribution is 2.21. The first-order chi connectivity index (χ1) is 10.0. The summed E-state index contributed by atoms with van der Waals surface area (Å²) in [6.07, 6.45) is 1.77. The first kappa shape index (κ1) is 15.5. The standard InChI is InChI=1S/C17H19ClN2O/c1-4-6-14-9-13(10-15(18)19-14)17(21)20-16-11(2)7-5-8-12(16)3/h5,7-10H,4,6H2,1-3H3,(H,20,21). The highest BCUT2D eigenvalue weighted by Gasteiger charge is 2.12. The van der Waals surface area contributed by atoms with Crippen molar-refractivity contribution in [1.29, 1.82) is 0 Å². The van der Waals surface area contributed by atoms with E-state index in [2.05, 4.69) is 17.2 Å². The van der Waals surface area contributed by atoms with Crippen LogP contribution in [0.15, 0.2) is 30.3 Å². The zero-order valence-electron chi connectivity index (χ0n) is 12.5. The van der Waals surface area contributed by atoms with Crippen LogP contribution < -0.4 is 5.32 Å². The lowest BCUT2D eigenvalue weighted by atomic mass is 10.1. The number of carbonyl (C=O) groups is 1. The van der Waals surface area contributed by atoms with Gasteiger partial charge in [0, 0.05) is 16.9 Å². The maximum atomic E-state index is 12.4. The SMILES string of the molecule is CCCc1cc(C(=O)Nc2c(C)cccc2C)cc(Cl)n1. The van der Waals surface area contributed by atoms with Crippen LogP contribution in [0.1, 0.15) is 40.5 Å². The van der Waals surface area contributed by atoms with Gasteiger partial charge in [-0.2, -0.15) is 0 Å². The quantitative estimate of drug-likeness (QED) is 0.841. The van der Waals surface area contributed by atoms with Gasteiger partial charge in [-0.1, -0.05) is 43.1 Å². The number of aromatic nitrogens is 1. The fourth-order valence-electron chi connectivity index (χ4n) is 2.26. The fraction of sp³-hybridized carbons (Fsp3) is 0.294. The van der Waals surface area contributed by atoms with Crippen molar-refractivity contribution >= 4 is 23.2 Å². The van der Waals surface area contributed by atoms with Crippen LogP contribution >= 0.6 is 11.6 Å². The second-order valence-electron chi connectivity index (χ2n) is 5.14. The molecule has 0 spiro atoms. The van der Waals surface area contributed by atoms with Gasteiger partial charge in [0.1, 0.15) is 5.15 Å². The number of rotatable bonds is 4. The Bertz CT molecular complexity index is 648. The van der Waals surface area contributed by atoms with E-state index in [0.717, 1.165) is 35.3 Å². The fourth-order valence-corrected chi connectivity index (χ4v) is 2.49. The lowest BCUT2D eigenvalue weighted by Crippen LogP contribution is -2.14. The second-order valence-corrected chi connectivity index (χ2v) is 5.53. The molecule has 0 saturated heterocycles. The van der Waals surface area contributed by atoms with Crippen LogP contribution in [0.5, 0.6) is 0 Å². The molecular formula is C17H19ClN2O. The van der Waals surface area contributed by atoms with Crippen molar-refractivity contribution in [3.8, 4) is 0 Å². The van der Waals surface area contributed by atoms with Crippen molar-refractivity contribution in [3.63, 3.8) is 0 Å². The van der Waals surface area contributed by atoms with Gasteiger partial charge in [-0.05, 0) is 43.5 Å². The maximum absolute atomic E-state index is 12.4. The van der Waals surface area contributed by atoms with E-state index in [0.29, 0.717) is 10.7 Å². The third-order valence-electron chi connectivity index (χ3n) is 3.34. The summed E-state index contributed by atoms with van der Waals surface area (Å²) in [5.41, 5.74) is 4.32. The van der Waals surface area contributed by atoms with Gasteiger partial charge in [-0.15, -0.1) is 0 Å². The summed E-state index contributed by atoms with van der Waals surface area (Å²) < 4.78 is 0. The number of pyridine rings is 1. The number of halogens is 1. The van der Waals surface area contributed by atoms with E-state index in [4.69, 9.17) is 11.6 Å². The van der Waals surface area contributed by atoms with Crippen LogP contribution in [0.4, 0.5) is 5.69 Å². The summed E-state index contributed by atoms with van der Waals surface area (Å²) in [4.78, 5) is 16.7. The Morgan fingerprint density at radius 1 is 1.24 bits per heavy atom. The van der Waals surface area contributed by atoms with E-state index < -0.39 is 0 Å². The molecule has 21 heavy (non-hydrogen) atoms. The average molecular weight is 303 g/mol. The Morgan fingerprint density at radius 2 is 1.90 bits per heavy atom. The molecule has 0 aliphatic carbocycles. The van der Waals surface area contributed by atoms with Gasteiger partial charge >= 0.3 is 0 Å². The number of carbonyl (C=O) groups excluding carboxylic acids is 1. The molecule has 0 atom stereocenters. The Labute approximate surface area is 130 Å². The zero-order chi connectivity index (χ0) is 15.4. The molecule has 2 aromatic rings. The monoisotopic (exact) mass is 302 g/mol. The molecule has 0 bridgehead atoms. The molecule has 2 rings (SSSR count). The summed E-state index contributed by atoms with van der Waals surface area (Å²) in [6.45, 7) is 6.02. The van der Waals surface area contributed by atoms with E-state index in [-0.39, 0.29) is 5.91 Å². The van der Waals surface area contributed by atoms with Gasteiger partial charge in [0.25, 0.3) is 5.91 Å². The lowest BCUT2D eigenvalue weighted by molar-refractivity contribution is 0.102. The first-order valence-corrected chi connectivity index (χ1v) is 7.43. The number of benzene rings is 1. The zero-order valence-corrected chi connectivity index (χ0v) is 13.3. The molecule has 1 amide bonds. The molecule has 110 valence electrons. The predicted molar refractivity (Wildman–Crippen MR) is 87.1 cm³/mol. The van der Waals surface area contributed by atoms with Crippen molar-refractivity contribution in [2.45, 2.75) is 33.6 Å². The minimum absolute atomic E-state index is 0.158. The average Bonchev–Trinajstić information content (AvgIpc) is 2.42. The molecule has 0 radical (unpaired) electrons. The van der Waals surface area contributed by atoms with Crippen LogP contribution in [0, 0.1) is 13.8 Å². The molecule has 4 heteroatoms. The first-order valence-electron chi connectivity index (χ1n) is 7.05. The number of para-hydroxylation sites is 1. The van der Waals surface area contributed by atoms with Gasteiger partial charge in [0.2, 0.25) is 0 Å².